The SMILES string of the molecule is CCCCc1ncc(CN2CC[C@@]34OC[C@@H](C(C)C)N3C(=O)C[C@@H]24)[nH]1. The minimum atomic E-state index is -0.378. The van der Waals surface area contributed by atoms with Crippen LogP contribution >= 0.6 is 0 Å². The highest BCUT2D eigenvalue weighted by Gasteiger charge is 2.64. The molecule has 0 aliphatic carbocycles. The number of carbonyl (C=O) groups excluding carboxylic acids is 1. The van der Waals surface area contributed by atoms with Gasteiger partial charge >= 0.3 is 0 Å². The first kappa shape index (κ1) is 17.0. The van der Waals surface area contributed by atoms with Crippen LogP contribution < -0.4 is 0 Å². The van der Waals surface area contributed by atoms with Crippen LogP contribution in [0.3, 0.4) is 0 Å². The Kier molecular flexibility index (Phi) is 4.36. The molecule has 0 radical (unpaired) electrons. The van der Waals surface area contributed by atoms with Crippen molar-refractivity contribution in [3.8, 4) is 0 Å². The van der Waals surface area contributed by atoms with Gasteiger partial charge in [0.1, 0.15) is 5.82 Å². The molecular formula is C19H30N4O2. The van der Waals surface area contributed by atoms with Gasteiger partial charge in [0, 0.05) is 44.2 Å². The number of ether oxygens (including phenoxy) is 1. The number of rotatable bonds is 6. The van der Waals surface area contributed by atoms with E-state index in [1.165, 1.54) is 6.42 Å². The number of nitrogens with zero attached hydrogens (tertiary/aromatic N) is 3. The Morgan fingerprint density at radius 1 is 1.48 bits per heavy atom. The highest BCUT2D eigenvalue weighted by molar-refractivity contribution is 5.82. The van der Waals surface area contributed by atoms with Crippen molar-refractivity contribution in [1.29, 1.82) is 0 Å². The molecule has 1 aromatic heterocycles. The van der Waals surface area contributed by atoms with E-state index in [1.807, 2.05) is 6.20 Å². The quantitative estimate of drug-likeness (QED) is 0.859. The molecule has 0 unspecified atom stereocenters. The molecule has 0 bridgehead atoms. The smallest absolute Gasteiger partial charge is 0.226 e. The van der Waals surface area contributed by atoms with Crippen molar-refractivity contribution >= 4 is 5.91 Å². The second-order valence-corrected chi connectivity index (χ2v) is 8.13. The third-order valence-corrected chi connectivity index (χ3v) is 6.19. The Bertz CT molecular complexity index is 643. The number of imidazole rings is 1. The number of hydrogen-bond donors (Lipinski definition) is 1. The van der Waals surface area contributed by atoms with E-state index in [9.17, 15) is 4.79 Å². The molecular weight excluding hydrogens is 316 g/mol. The van der Waals surface area contributed by atoms with Crippen molar-refractivity contribution in [3.05, 3.63) is 17.7 Å². The number of amides is 1. The van der Waals surface area contributed by atoms with E-state index in [-0.39, 0.29) is 23.7 Å². The van der Waals surface area contributed by atoms with Gasteiger partial charge in [-0.05, 0) is 12.3 Å². The van der Waals surface area contributed by atoms with Crippen molar-refractivity contribution in [3.63, 3.8) is 0 Å². The van der Waals surface area contributed by atoms with Crippen LogP contribution in [0.5, 0.6) is 0 Å². The lowest BCUT2D eigenvalue weighted by molar-refractivity contribution is -0.139. The molecule has 3 fully saturated rings. The minimum Gasteiger partial charge on any atom is -0.352 e. The maximum Gasteiger partial charge on any atom is 0.226 e. The van der Waals surface area contributed by atoms with Crippen LogP contribution in [0.15, 0.2) is 6.20 Å². The van der Waals surface area contributed by atoms with Gasteiger partial charge in [0.25, 0.3) is 0 Å². The molecule has 4 heterocycles. The lowest BCUT2D eigenvalue weighted by atomic mass is 10.0. The van der Waals surface area contributed by atoms with Gasteiger partial charge in [0.2, 0.25) is 5.91 Å². The number of unbranched alkanes of at least 4 members (excludes halogenated alkanes) is 1. The molecule has 1 aromatic rings. The standard InChI is InChI=1S/C19H30N4O2/c1-4-5-6-17-20-10-14(21-17)11-22-8-7-19-16(22)9-18(24)23(19)15(12-25-19)13(2)3/h10,13,15-16H,4-9,11-12H2,1-3H3,(H,20,21)/t15-,16+,19-/m0/s1. The maximum atomic E-state index is 12.7. The van der Waals surface area contributed by atoms with Gasteiger partial charge < -0.3 is 14.6 Å². The summed E-state index contributed by atoms with van der Waals surface area (Å²) in [6, 6.07) is 0.399. The van der Waals surface area contributed by atoms with E-state index in [1.54, 1.807) is 0 Å². The second-order valence-electron chi connectivity index (χ2n) is 8.13. The van der Waals surface area contributed by atoms with Crippen LogP contribution in [0.25, 0.3) is 0 Å². The Morgan fingerprint density at radius 2 is 2.32 bits per heavy atom. The highest BCUT2D eigenvalue weighted by Crippen LogP contribution is 2.49. The molecule has 1 N–H and O–H groups in total. The third kappa shape index (κ3) is 2.70. The fraction of sp³-hybridized carbons (Fsp3) is 0.789. The molecule has 1 amide bonds. The number of aromatic nitrogens is 2. The first-order valence-electron chi connectivity index (χ1n) is 9.78. The first-order chi connectivity index (χ1) is 12.0. The van der Waals surface area contributed by atoms with Gasteiger partial charge in [0.05, 0.1) is 18.7 Å². The van der Waals surface area contributed by atoms with Crippen molar-refractivity contribution in [2.75, 3.05) is 13.2 Å². The van der Waals surface area contributed by atoms with Crippen LogP contribution in [0.4, 0.5) is 0 Å². The van der Waals surface area contributed by atoms with Crippen LogP contribution in [-0.2, 0) is 22.5 Å². The average Bonchev–Trinajstić information content (AvgIpc) is 3.30. The monoisotopic (exact) mass is 346 g/mol. The van der Waals surface area contributed by atoms with Gasteiger partial charge in [-0.2, -0.15) is 0 Å². The molecule has 3 atom stereocenters. The lowest BCUT2D eigenvalue weighted by Gasteiger charge is -2.34. The third-order valence-electron chi connectivity index (χ3n) is 6.19. The zero-order valence-electron chi connectivity index (χ0n) is 15.6. The molecule has 4 rings (SSSR count). The van der Waals surface area contributed by atoms with E-state index in [2.05, 4.69) is 40.5 Å². The van der Waals surface area contributed by atoms with Gasteiger partial charge in [-0.3, -0.25) is 9.69 Å². The molecule has 3 saturated heterocycles. The predicted octanol–water partition coefficient (Wildman–Crippen LogP) is 2.31. The highest BCUT2D eigenvalue weighted by atomic mass is 16.5. The topological polar surface area (TPSA) is 61.5 Å². The van der Waals surface area contributed by atoms with Crippen LogP contribution in [0.1, 0.15) is 58.0 Å². The first-order valence-corrected chi connectivity index (χ1v) is 9.78. The summed E-state index contributed by atoms with van der Waals surface area (Å²) in [5.41, 5.74) is 0.768. The summed E-state index contributed by atoms with van der Waals surface area (Å²) in [6.45, 7) is 9.04. The number of hydrogen-bond acceptors (Lipinski definition) is 4. The Hall–Kier alpha value is -1.40. The van der Waals surface area contributed by atoms with E-state index >= 15 is 0 Å². The summed E-state index contributed by atoms with van der Waals surface area (Å²) in [6.07, 6.45) is 6.81. The Labute approximate surface area is 149 Å². The van der Waals surface area contributed by atoms with Gasteiger partial charge in [-0.15, -0.1) is 0 Å². The molecule has 6 nitrogen and oxygen atoms in total. The molecule has 25 heavy (non-hydrogen) atoms. The fourth-order valence-corrected chi connectivity index (χ4v) is 4.82. The summed E-state index contributed by atoms with van der Waals surface area (Å²) in [4.78, 5) is 25.2. The van der Waals surface area contributed by atoms with E-state index in [0.29, 0.717) is 18.9 Å². The average molecular weight is 346 g/mol. The molecule has 138 valence electrons. The zero-order valence-corrected chi connectivity index (χ0v) is 15.6. The fourth-order valence-electron chi connectivity index (χ4n) is 4.82. The molecule has 0 saturated carbocycles. The molecule has 0 aromatic carbocycles. The van der Waals surface area contributed by atoms with Gasteiger partial charge in [-0.25, -0.2) is 4.98 Å². The van der Waals surface area contributed by atoms with Crippen molar-refractivity contribution < 1.29 is 9.53 Å². The Balaban J connectivity index is 1.48. The lowest BCUT2D eigenvalue weighted by Crippen LogP contribution is -2.50. The van der Waals surface area contributed by atoms with Gasteiger partial charge in [0.15, 0.2) is 5.72 Å². The van der Waals surface area contributed by atoms with Crippen molar-refractivity contribution in [2.45, 2.75) is 77.2 Å². The van der Waals surface area contributed by atoms with Gasteiger partial charge in [-0.1, -0.05) is 27.2 Å². The van der Waals surface area contributed by atoms with Crippen LogP contribution in [0, 0.1) is 5.92 Å². The maximum absolute atomic E-state index is 12.7. The summed E-state index contributed by atoms with van der Waals surface area (Å²) in [5.74, 6) is 1.77. The zero-order chi connectivity index (χ0) is 17.6. The van der Waals surface area contributed by atoms with E-state index < -0.39 is 0 Å². The second kappa shape index (κ2) is 6.40. The minimum absolute atomic E-state index is 0.172. The summed E-state index contributed by atoms with van der Waals surface area (Å²) >= 11 is 0. The molecule has 3 aliphatic rings. The van der Waals surface area contributed by atoms with Crippen LogP contribution in [0.2, 0.25) is 0 Å². The predicted molar refractivity (Wildman–Crippen MR) is 94.8 cm³/mol. The largest absolute Gasteiger partial charge is 0.352 e. The number of likely N-dealkylation sites (tertiary alicyclic amines) is 1. The number of H-pyrrole nitrogens is 1. The number of aryl methyl sites for hydroxylation is 1. The summed E-state index contributed by atoms with van der Waals surface area (Å²) in [5, 5.41) is 0. The normalized spacial score (nSPS) is 32.0. The van der Waals surface area contributed by atoms with Crippen LogP contribution in [-0.4, -0.2) is 56.6 Å². The number of nitrogens with one attached hydrogen (secondary N) is 1. The van der Waals surface area contributed by atoms with E-state index in [4.69, 9.17) is 4.74 Å². The van der Waals surface area contributed by atoms with Crippen molar-refractivity contribution in [2.24, 2.45) is 5.92 Å². The molecule has 6 heteroatoms. The summed E-state index contributed by atoms with van der Waals surface area (Å²) in [7, 11) is 0. The summed E-state index contributed by atoms with van der Waals surface area (Å²) < 4.78 is 6.30. The molecule has 3 aliphatic heterocycles. The Morgan fingerprint density at radius 3 is 3.08 bits per heavy atom. The number of aromatic amines is 1. The molecule has 1 spiro atoms. The number of carbonyl (C=O) groups is 1. The van der Waals surface area contributed by atoms with E-state index in [0.717, 1.165) is 43.9 Å². The van der Waals surface area contributed by atoms with Crippen molar-refractivity contribution in [1.82, 2.24) is 19.8 Å².